The van der Waals surface area contributed by atoms with Crippen molar-refractivity contribution < 1.29 is 14.7 Å². The summed E-state index contributed by atoms with van der Waals surface area (Å²) in [5.74, 6) is -0.142. The quantitative estimate of drug-likeness (QED) is 0.650. The monoisotopic (exact) mass is 312 g/mol. The number of rotatable bonds is 9. The normalized spacial score (nSPS) is 13.5. The minimum atomic E-state index is -0.573. The smallest absolute Gasteiger partial charge is 0.261 e. The lowest BCUT2D eigenvalue weighted by molar-refractivity contribution is -0.122. The van der Waals surface area contributed by atoms with E-state index in [4.69, 9.17) is 5.11 Å². The van der Waals surface area contributed by atoms with Gasteiger partial charge in [-0.05, 0) is 37.1 Å². The topological polar surface area (TPSA) is 78.4 Å². The lowest BCUT2D eigenvalue weighted by atomic mass is 10.0. The van der Waals surface area contributed by atoms with E-state index in [9.17, 15) is 9.59 Å². The first-order valence-electron chi connectivity index (χ1n) is 7.31. The molecule has 21 heavy (non-hydrogen) atoms. The number of aliphatic hydroxyl groups is 1. The zero-order chi connectivity index (χ0) is 15.7. The largest absolute Gasteiger partial charge is 0.396 e. The molecular weight excluding hydrogens is 288 g/mol. The summed E-state index contributed by atoms with van der Waals surface area (Å²) in [7, 11) is 0. The fourth-order valence-corrected chi connectivity index (χ4v) is 2.71. The molecule has 0 saturated carbocycles. The standard InChI is InChI=1S/C15H24N2O3S/c1-3-5-12(7-8-18)10-16-14(19)11(2)17-15(20)13-6-4-9-21-13/h4,6,9,11-12,18H,3,5,7-8,10H2,1-2H3,(H,16,19)(H,17,20). The summed E-state index contributed by atoms with van der Waals surface area (Å²) >= 11 is 1.34. The summed E-state index contributed by atoms with van der Waals surface area (Å²) in [6.45, 7) is 4.41. The molecule has 0 bridgehead atoms. The second-order valence-electron chi connectivity index (χ2n) is 5.08. The molecule has 5 nitrogen and oxygen atoms in total. The lowest BCUT2D eigenvalue weighted by Crippen LogP contribution is -2.45. The molecule has 0 saturated heterocycles. The Hall–Kier alpha value is -1.40. The van der Waals surface area contributed by atoms with Gasteiger partial charge < -0.3 is 15.7 Å². The van der Waals surface area contributed by atoms with Crippen LogP contribution >= 0.6 is 11.3 Å². The molecule has 118 valence electrons. The Bertz CT molecular complexity index is 428. The predicted molar refractivity (Wildman–Crippen MR) is 84.4 cm³/mol. The van der Waals surface area contributed by atoms with E-state index >= 15 is 0 Å². The van der Waals surface area contributed by atoms with Crippen molar-refractivity contribution >= 4 is 23.2 Å². The molecule has 2 amide bonds. The number of carbonyl (C=O) groups is 2. The highest BCUT2D eigenvalue weighted by atomic mass is 32.1. The van der Waals surface area contributed by atoms with Crippen LogP contribution in [0.5, 0.6) is 0 Å². The second-order valence-corrected chi connectivity index (χ2v) is 6.03. The highest BCUT2D eigenvalue weighted by molar-refractivity contribution is 7.12. The molecule has 6 heteroatoms. The SMILES string of the molecule is CCCC(CCO)CNC(=O)C(C)NC(=O)c1cccs1. The van der Waals surface area contributed by atoms with Crippen LogP contribution in [0.4, 0.5) is 0 Å². The van der Waals surface area contributed by atoms with E-state index in [2.05, 4.69) is 17.6 Å². The Morgan fingerprint density at radius 1 is 1.38 bits per heavy atom. The average Bonchev–Trinajstić information content (AvgIpc) is 2.99. The summed E-state index contributed by atoms with van der Waals surface area (Å²) in [5, 5.41) is 16.3. The molecule has 2 unspecified atom stereocenters. The van der Waals surface area contributed by atoms with Crippen molar-refractivity contribution in [2.45, 2.75) is 39.2 Å². The van der Waals surface area contributed by atoms with E-state index < -0.39 is 6.04 Å². The van der Waals surface area contributed by atoms with Gasteiger partial charge in [0, 0.05) is 13.2 Å². The van der Waals surface area contributed by atoms with Crippen LogP contribution in [0.2, 0.25) is 0 Å². The van der Waals surface area contributed by atoms with Crippen molar-refractivity contribution in [1.29, 1.82) is 0 Å². The third-order valence-corrected chi connectivity index (χ3v) is 4.15. The zero-order valence-electron chi connectivity index (χ0n) is 12.6. The molecule has 0 aliphatic heterocycles. The van der Waals surface area contributed by atoms with Crippen LogP contribution in [0, 0.1) is 5.92 Å². The zero-order valence-corrected chi connectivity index (χ0v) is 13.4. The molecule has 0 radical (unpaired) electrons. The fraction of sp³-hybridized carbons (Fsp3) is 0.600. The molecule has 0 aliphatic carbocycles. The Morgan fingerprint density at radius 2 is 2.14 bits per heavy atom. The summed E-state index contributed by atoms with van der Waals surface area (Å²) in [6, 6.07) is 2.95. The third kappa shape index (κ3) is 6.27. The second kappa shape index (κ2) is 9.52. The van der Waals surface area contributed by atoms with Gasteiger partial charge >= 0.3 is 0 Å². The minimum absolute atomic E-state index is 0.130. The van der Waals surface area contributed by atoms with Gasteiger partial charge in [-0.1, -0.05) is 19.4 Å². The van der Waals surface area contributed by atoms with Gasteiger partial charge in [-0.25, -0.2) is 0 Å². The summed E-state index contributed by atoms with van der Waals surface area (Å²) in [5.41, 5.74) is 0. The van der Waals surface area contributed by atoms with Gasteiger partial charge in [0.05, 0.1) is 4.88 Å². The Morgan fingerprint density at radius 3 is 2.71 bits per heavy atom. The maximum Gasteiger partial charge on any atom is 0.261 e. The molecule has 3 N–H and O–H groups in total. The molecule has 1 heterocycles. The maximum absolute atomic E-state index is 12.0. The van der Waals surface area contributed by atoms with E-state index in [0.717, 1.165) is 12.8 Å². The number of amides is 2. The summed E-state index contributed by atoms with van der Waals surface area (Å²) in [4.78, 5) is 24.4. The number of carbonyl (C=O) groups excluding carboxylic acids is 2. The van der Waals surface area contributed by atoms with Crippen molar-refractivity contribution in [3.63, 3.8) is 0 Å². The van der Waals surface area contributed by atoms with E-state index in [1.165, 1.54) is 11.3 Å². The Labute approximate surface area is 129 Å². The predicted octanol–water partition coefficient (Wildman–Crippen LogP) is 1.78. The first-order chi connectivity index (χ1) is 10.1. The average molecular weight is 312 g/mol. The lowest BCUT2D eigenvalue weighted by Gasteiger charge is -2.18. The van der Waals surface area contributed by atoms with Crippen LogP contribution in [0.3, 0.4) is 0 Å². The summed E-state index contributed by atoms with van der Waals surface area (Å²) in [6.07, 6.45) is 2.67. The van der Waals surface area contributed by atoms with Crippen molar-refractivity contribution in [3.05, 3.63) is 22.4 Å². The van der Waals surface area contributed by atoms with Crippen LogP contribution in [0.1, 0.15) is 42.8 Å². The van der Waals surface area contributed by atoms with E-state index in [1.54, 1.807) is 19.1 Å². The molecular formula is C15H24N2O3S. The molecule has 1 aromatic heterocycles. The molecule has 0 aromatic carbocycles. The van der Waals surface area contributed by atoms with E-state index in [1.807, 2.05) is 5.38 Å². The van der Waals surface area contributed by atoms with Gasteiger partial charge in [0.2, 0.25) is 5.91 Å². The van der Waals surface area contributed by atoms with Crippen LogP contribution < -0.4 is 10.6 Å². The number of hydrogen-bond acceptors (Lipinski definition) is 4. The first-order valence-corrected chi connectivity index (χ1v) is 8.19. The summed E-state index contributed by atoms with van der Waals surface area (Å²) < 4.78 is 0. The van der Waals surface area contributed by atoms with Gasteiger partial charge in [-0.15, -0.1) is 11.3 Å². The van der Waals surface area contributed by atoms with Gasteiger partial charge in [-0.2, -0.15) is 0 Å². The molecule has 0 aliphatic rings. The number of aliphatic hydroxyl groups excluding tert-OH is 1. The fourth-order valence-electron chi connectivity index (χ4n) is 2.08. The van der Waals surface area contributed by atoms with Gasteiger partial charge in [0.1, 0.15) is 6.04 Å². The van der Waals surface area contributed by atoms with Crippen molar-refractivity contribution in [2.24, 2.45) is 5.92 Å². The Balaban J connectivity index is 2.38. The van der Waals surface area contributed by atoms with Crippen LogP contribution in [-0.4, -0.2) is 36.1 Å². The number of nitrogens with one attached hydrogen (secondary N) is 2. The number of hydrogen-bond donors (Lipinski definition) is 3. The molecule has 0 fully saturated rings. The van der Waals surface area contributed by atoms with Crippen molar-refractivity contribution in [3.8, 4) is 0 Å². The van der Waals surface area contributed by atoms with Crippen molar-refractivity contribution in [2.75, 3.05) is 13.2 Å². The van der Waals surface area contributed by atoms with Crippen LogP contribution in [0.25, 0.3) is 0 Å². The third-order valence-electron chi connectivity index (χ3n) is 3.29. The van der Waals surface area contributed by atoms with Crippen LogP contribution in [-0.2, 0) is 4.79 Å². The Kier molecular flexibility index (Phi) is 8.00. The first kappa shape index (κ1) is 17.7. The highest BCUT2D eigenvalue weighted by Gasteiger charge is 2.18. The van der Waals surface area contributed by atoms with Gasteiger partial charge in [0.25, 0.3) is 5.91 Å². The van der Waals surface area contributed by atoms with E-state index in [0.29, 0.717) is 17.8 Å². The maximum atomic E-state index is 12.0. The van der Waals surface area contributed by atoms with Crippen LogP contribution in [0.15, 0.2) is 17.5 Å². The van der Waals surface area contributed by atoms with Crippen molar-refractivity contribution in [1.82, 2.24) is 10.6 Å². The van der Waals surface area contributed by atoms with E-state index in [-0.39, 0.29) is 24.3 Å². The molecule has 2 atom stereocenters. The number of thiophene rings is 1. The molecule has 1 rings (SSSR count). The van der Waals surface area contributed by atoms with Gasteiger partial charge in [0.15, 0.2) is 0 Å². The minimum Gasteiger partial charge on any atom is -0.396 e. The highest BCUT2D eigenvalue weighted by Crippen LogP contribution is 2.10. The molecule has 1 aromatic rings. The molecule has 0 spiro atoms. The van der Waals surface area contributed by atoms with Gasteiger partial charge in [-0.3, -0.25) is 9.59 Å².